The SMILES string of the molecule is O=C1N[C@H](Cc2ccccc2)C(=O)N2C[C@@H](NCc3cccc(Cl)c3)C[C@@H]12. The van der Waals surface area contributed by atoms with Gasteiger partial charge in [-0.15, -0.1) is 0 Å². The van der Waals surface area contributed by atoms with Crippen LogP contribution in [0.2, 0.25) is 5.02 Å². The highest BCUT2D eigenvalue weighted by molar-refractivity contribution is 6.30. The molecule has 27 heavy (non-hydrogen) atoms. The lowest BCUT2D eigenvalue weighted by molar-refractivity contribution is -0.147. The summed E-state index contributed by atoms with van der Waals surface area (Å²) in [5.41, 5.74) is 2.13. The number of hydrogen-bond donors (Lipinski definition) is 2. The summed E-state index contributed by atoms with van der Waals surface area (Å²) >= 11 is 6.03. The lowest BCUT2D eigenvalue weighted by atomic mass is 10.0. The molecule has 0 unspecified atom stereocenters. The highest BCUT2D eigenvalue weighted by atomic mass is 35.5. The van der Waals surface area contributed by atoms with Gasteiger partial charge in [0.05, 0.1) is 0 Å². The van der Waals surface area contributed by atoms with Crippen molar-refractivity contribution in [2.45, 2.75) is 37.5 Å². The highest BCUT2D eigenvalue weighted by Crippen LogP contribution is 2.24. The molecule has 5 nitrogen and oxygen atoms in total. The van der Waals surface area contributed by atoms with Crippen LogP contribution < -0.4 is 10.6 Å². The smallest absolute Gasteiger partial charge is 0.246 e. The number of fused-ring (bicyclic) bond motifs is 1. The first kappa shape index (κ1) is 18.0. The van der Waals surface area contributed by atoms with Crippen LogP contribution in [0.15, 0.2) is 54.6 Å². The normalized spacial score (nSPS) is 24.6. The van der Waals surface area contributed by atoms with Gasteiger partial charge in [-0.25, -0.2) is 0 Å². The Morgan fingerprint density at radius 3 is 2.63 bits per heavy atom. The summed E-state index contributed by atoms with van der Waals surface area (Å²) in [5, 5.41) is 7.07. The lowest BCUT2D eigenvalue weighted by Crippen LogP contribution is -2.61. The van der Waals surface area contributed by atoms with E-state index in [1.165, 1.54) is 0 Å². The number of piperazine rings is 1. The fourth-order valence-corrected chi connectivity index (χ4v) is 4.12. The van der Waals surface area contributed by atoms with Gasteiger partial charge in [0.25, 0.3) is 0 Å². The summed E-state index contributed by atoms with van der Waals surface area (Å²) < 4.78 is 0. The number of halogens is 1. The third-order valence-electron chi connectivity index (χ3n) is 5.27. The second kappa shape index (κ2) is 7.71. The van der Waals surface area contributed by atoms with Gasteiger partial charge in [-0.1, -0.05) is 54.1 Å². The van der Waals surface area contributed by atoms with E-state index in [1.54, 1.807) is 4.90 Å². The number of amides is 2. The number of carbonyl (C=O) groups is 2. The van der Waals surface area contributed by atoms with Crippen molar-refractivity contribution in [1.29, 1.82) is 0 Å². The number of carbonyl (C=O) groups excluding carboxylic acids is 2. The predicted octanol–water partition coefficient (Wildman–Crippen LogP) is 2.14. The quantitative estimate of drug-likeness (QED) is 0.831. The fraction of sp³-hybridized carbons (Fsp3) is 0.333. The van der Waals surface area contributed by atoms with E-state index in [0.29, 0.717) is 31.0 Å². The molecule has 2 saturated heterocycles. The van der Waals surface area contributed by atoms with E-state index >= 15 is 0 Å². The maximum atomic E-state index is 12.9. The molecule has 0 radical (unpaired) electrons. The van der Waals surface area contributed by atoms with E-state index in [1.807, 2.05) is 54.6 Å². The molecule has 2 aliphatic heterocycles. The summed E-state index contributed by atoms with van der Waals surface area (Å²) in [6, 6.07) is 16.7. The first-order chi connectivity index (χ1) is 13.1. The summed E-state index contributed by atoms with van der Waals surface area (Å²) in [6.45, 7) is 1.22. The Kier molecular flexibility index (Phi) is 5.14. The van der Waals surface area contributed by atoms with Gasteiger partial charge in [0, 0.05) is 30.6 Å². The van der Waals surface area contributed by atoms with Crippen molar-refractivity contribution < 1.29 is 9.59 Å². The van der Waals surface area contributed by atoms with Crippen LogP contribution in [0.25, 0.3) is 0 Å². The molecule has 140 valence electrons. The third-order valence-corrected chi connectivity index (χ3v) is 5.50. The van der Waals surface area contributed by atoms with Crippen LogP contribution in [-0.4, -0.2) is 41.4 Å². The van der Waals surface area contributed by atoms with Crippen molar-refractivity contribution in [2.24, 2.45) is 0 Å². The first-order valence-electron chi connectivity index (χ1n) is 9.23. The van der Waals surface area contributed by atoms with E-state index in [9.17, 15) is 9.59 Å². The summed E-state index contributed by atoms with van der Waals surface area (Å²) in [4.78, 5) is 27.2. The van der Waals surface area contributed by atoms with Crippen molar-refractivity contribution >= 4 is 23.4 Å². The minimum atomic E-state index is -0.483. The van der Waals surface area contributed by atoms with Gasteiger partial charge >= 0.3 is 0 Å². The molecule has 2 aliphatic rings. The van der Waals surface area contributed by atoms with Gasteiger partial charge < -0.3 is 15.5 Å². The van der Waals surface area contributed by atoms with Crippen molar-refractivity contribution in [2.75, 3.05) is 6.54 Å². The maximum absolute atomic E-state index is 12.9. The van der Waals surface area contributed by atoms with E-state index in [4.69, 9.17) is 11.6 Å². The zero-order valence-corrected chi connectivity index (χ0v) is 15.7. The first-order valence-corrected chi connectivity index (χ1v) is 9.60. The summed E-state index contributed by atoms with van der Waals surface area (Å²) in [6.07, 6.45) is 1.16. The molecule has 0 spiro atoms. The number of nitrogens with zero attached hydrogens (tertiary/aromatic N) is 1. The Morgan fingerprint density at radius 1 is 1.07 bits per heavy atom. The number of nitrogens with one attached hydrogen (secondary N) is 2. The monoisotopic (exact) mass is 383 g/mol. The minimum absolute atomic E-state index is 0.00973. The molecule has 2 N–H and O–H groups in total. The zero-order chi connectivity index (χ0) is 18.8. The maximum Gasteiger partial charge on any atom is 0.246 e. The van der Waals surface area contributed by atoms with Crippen LogP contribution in [-0.2, 0) is 22.6 Å². The Balaban J connectivity index is 1.39. The lowest BCUT2D eigenvalue weighted by Gasteiger charge is -2.34. The van der Waals surface area contributed by atoms with Crippen LogP contribution in [0.4, 0.5) is 0 Å². The molecular formula is C21H22ClN3O2. The van der Waals surface area contributed by atoms with Gasteiger partial charge in [-0.05, 0) is 29.7 Å². The topological polar surface area (TPSA) is 61.4 Å². The molecule has 4 rings (SSSR count). The van der Waals surface area contributed by atoms with Gasteiger partial charge in [-0.3, -0.25) is 9.59 Å². The molecule has 0 aliphatic carbocycles. The van der Waals surface area contributed by atoms with E-state index in [-0.39, 0.29) is 23.9 Å². The van der Waals surface area contributed by atoms with Crippen LogP contribution >= 0.6 is 11.6 Å². The molecule has 0 saturated carbocycles. The second-order valence-corrected chi connectivity index (χ2v) is 7.64. The van der Waals surface area contributed by atoms with Gasteiger partial charge in [-0.2, -0.15) is 0 Å². The van der Waals surface area contributed by atoms with Crippen LogP contribution in [0.1, 0.15) is 17.5 Å². The third kappa shape index (κ3) is 3.99. The second-order valence-electron chi connectivity index (χ2n) is 7.20. The fourth-order valence-electron chi connectivity index (χ4n) is 3.90. The van der Waals surface area contributed by atoms with E-state index in [2.05, 4.69) is 10.6 Å². The average molecular weight is 384 g/mol. The molecule has 2 amide bonds. The minimum Gasteiger partial charge on any atom is -0.342 e. The Labute approximate surface area is 163 Å². The van der Waals surface area contributed by atoms with E-state index in [0.717, 1.165) is 11.1 Å². The van der Waals surface area contributed by atoms with Crippen molar-refractivity contribution in [3.63, 3.8) is 0 Å². The molecule has 2 heterocycles. The molecule has 2 fully saturated rings. The van der Waals surface area contributed by atoms with Crippen molar-refractivity contribution in [1.82, 2.24) is 15.5 Å². The van der Waals surface area contributed by atoms with E-state index < -0.39 is 6.04 Å². The standard InChI is InChI=1S/C21H22ClN3O2/c22-16-8-4-7-15(9-16)12-23-17-11-19-20(26)24-18(21(27)25(19)13-17)10-14-5-2-1-3-6-14/h1-9,17-19,23H,10-13H2,(H,24,26)/t17-,18+,19-/m0/s1. The van der Waals surface area contributed by atoms with Crippen LogP contribution in [0, 0.1) is 0 Å². The molecule has 2 aromatic rings. The Morgan fingerprint density at radius 2 is 1.85 bits per heavy atom. The molecule has 3 atom stereocenters. The van der Waals surface area contributed by atoms with Gasteiger partial charge in [0.1, 0.15) is 12.1 Å². The van der Waals surface area contributed by atoms with Gasteiger partial charge in [0.15, 0.2) is 0 Å². The Bertz CT molecular complexity index is 842. The molecule has 2 aromatic carbocycles. The van der Waals surface area contributed by atoms with Crippen molar-refractivity contribution in [3.8, 4) is 0 Å². The molecule has 0 bridgehead atoms. The van der Waals surface area contributed by atoms with Gasteiger partial charge in [0.2, 0.25) is 11.8 Å². The molecule has 6 heteroatoms. The predicted molar refractivity (Wildman–Crippen MR) is 104 cm³/mol. The molecule has 0 aromatic heterocycles. The number of benzene rings is 2. The zero-order valence-electron chi connectivity index (χ0n) is 14.9. The summed E-state index contributed by atoms with van der Waals surface area (Å²) in [5.74, 6) is -0.0434. The highest BCUT2D eigenvalue weighted by Gasteiger charge is 2.46. The van der Waals surface area contributed by atoms with Crippen LogP contribution in [0.3, 0.4) is 0 Å². The summed E-state index contributed by atoms with van der Waals surface area (Å²) in [7, 11) is 0. The number of hydrogen-bond acceptors (Lipinski definition) is 3. The molecular weight excluding hydrogens is 362 g/mol. The number of rotatable bonds is 5. The van der Waals surface area contributed by atoms with Crippen LogP contribution in [0.5, 0.6) is 0 Å². The van der Waals surface area contributed by atoms with Crippen molar-refractivity contribution in [3.05, 3.63) is 70.7 Å². The Hall–Kier alpha value is -2.37. The average Bonchev–Trinajstić information content (AvgIpc) is 3.10. The largest absolute Gasteiger partial charge is 0.342 e.